The molecule has 0 radical (unpaired) electrons. The van der Waals surface area contributed by atoms with Crippen LogP contribution < -0.4 is 16.5 Å². The Morgan fingerprint density at radius 3 is 2.51 bits per heavy atom. The SMILES string of the molecule is CC(C)N1NCC2C(C(=O)N[C@@H](C)C3CCCCC3)CC(C3CCCC(CN(C)CCN)C3)CC21. The molecular formula is C29H55N5O. The van der Waals surface area contributed by atoms with E-state index in [9.17, 15) is 4.79 Å². The van der Waals surface area contributed by atoms with Crippen molar-refractivity contribution in [2.24, 2.45) is 41.2 Å². The van der Waals surface area contributed by atoms with Gasteiger partial charge in [0.25, 0.3) is 0 Å². The van der Waals surface area contributed by atoms with Gasteiger partial charge in [-0.25, -0.2) is 5.01 Å². The van der Waals surface area contributed by atoms with Gasteiger partial charge in [-0.1, -0.05) is 32.1 Å². The lowest BCUT2D eigenvalue weighted by Gasteiger charge is -2.45. The highest BCUT2D eigenvalue weighted by atomic mass is 16.2. The molecule has 1 saturated heterocycles. The van der Waals surface area contributed by atoms with Gasteiger partial charge < -0.3 is 16.0 Å². The van der Waals surface area contributed by atoms with Gasteiger partial charge in [-0.2, -0.15) is 0 Å². The Hall–Kier alpha value is -0.690. The standard InChI is InChI=1S/C29H55N5O/c1-20(2)34-28-17-25(24-12-8-9-22(15-24)19-33(4)14-13-30)16-26(27(28)18-31-34)29(35)32-21(3)23-10-6-5-7-11-23/h20-28,31H,5-19,30H2,1-4H3,(H,32,35)/t21-,22?,24?,25?,26?,27?,28?/m0/s1. The van der Waals surface area contributed by atoms with Gasteiger partial charge in [0.15, 0.2) is 0 Å². The summed E-state index contributed by atoms with van der Waals surface area (Å²) in [6, 6.07) is 1.28. The summed E-state index contributed by atoms with van der Waals surface area (Å²) in [5, 5.41) is 6.04. The first kappa shape index (κ1) is 27.3. The average Bonchev–Trinajstić information content (AvgIpc) is 3.28. The first-order chi connectivity index (χ1) is 16.9. The third kappa shape index (κ3) is 6.80. The second-order valence-corrected chi connectivity index (χ2v) is 13.0. The van der Waals surface area contributed by atoms with Gasteiger partial charge in [0.1, 0.15) is 0 Å². The molecule has 3 aliphatic carbocycles. The van der Waals surface area contributed by atoms with Crippen LogP contribution in [0.3, 0.4) is 0 Å². The number of amides is 1. The summed E-state index contributed by atoms with van der Waals surface area (Å²) < 4.78 is 0. The molecule has 4 rings (SSSR count). The number of hydrogen-bond acceptors (Lipinski definition) is 5. The van der Waals surface area contributed by atoms with Crippen molar-refractivity contribution >= 4 is 5.91 Å². The molecule has 0 bridgehead atoms. The smallest absolute Gasteiger partial charge is 0.223 e. The van der Waals surface area contributed by atoms with Crippen LogP contribution in [0.25, 0.3) is 0 Å². The Kier molecular flexibility index (Phi) is 9.93. The van der Waals surface area contributed by atoms with E-state index < -0.39 is 0 Å². The summed E-state index contributed by atoms with van der Waals surface area (Å²) in [7, 11) is 2.22. The number of carbonyl (C=O) groups excluding carboxylic acids is 1. The second kappa shape index (κ2) is 12.7. The highest BCUT2D eigenvalue weighted by Gasteiger charge is 2.49. The molecule has 1 heterocycles. The molecule has 3 saturated carbocycles. The van der Waals surface area contributed by atoms with E-state index >= 15 is 0 Å². The lowest BCUT2D eigenvalue weighted by molar-refractivity contribution is -0.130. The molecular weight excluding hydrogens is 434 g/mol. The van der Waals surface area contributed by atoms with Crippen molar-refractivity contribution in [1.29, 1.82) is 0 Å². The maximum atomic E-state index is 13.8. The number of carbonyl (C=O) groups is 1. The summed E-state index contributed by atoms with van der Waals surface area (Å²) in [5.74, 6) is 3.84. The molecule has 1 amide bonds. The minimum absolute atomic E-state index is 0.154. The largest absolute Gasteiger partial charge is 0.353 e. The Morgan fingerprint density at radius 2 is 1.80 bits per heavy atom. The number of nitrogens with one attached hydrogen (secondary N) is 2. The van der Waals surface area contributed by atoms with Gasteiger partial charge >= 0.3 is 0 Å². The maximum Gasteiger partial charge on any atom is 0.223 e. The van der Waals surface area contributed by atoms with Crippen molar-refractivity contribution in [3.8, 4) is 0 Å². The van der Waals surface area contributed by atoms with Crippen LogP contribution in [0, 0.1) is 35.5 Å². The van der Waals surface area contributed by atoms with Crippen LogP contribution in [0.2, 0.25) is 0 Å². The van der Waals surface area contributed by atoms with Crippen LogP contribution in [-0.4, -0.2) is 67.2 Å². The van der Waals surface area contributed by atoms with Crippen LogP contribution in [0.1, 0.15) is 91.4 Å². The molecule has 0 spiro atoms. The zero-order chi connectivity index (χ0) is 24.9. The summed E-state index contributed by atoms with van der Waals surface area (Å²) in [4.78, 5) is 16.2. The zero-order valence-corrected chi connectivity index (χ0v) is 23.2. The number of likely N-dealkylation sites (N-methyl/N-ethyl adjacent to an activating group) is 1. The fraction of sp³-hybridized carbons (Fsp3) is 0.966. The normalized spacial score (nSPS) is 35.9. The zero-order valence-electron chi connectivity index (χ0n) is 23.2. The number of rotatable bonds is 9. The minimum Gasteiger partial charge on any atom is -0.353 e. The fourth-order valence-electron chi connectivity index (χ4n) is 8.29. The number of fused-ring (bicyclic) bond motifs is 1. The van der Waals surface area contributed by atoms with E-state index in [2.05, 4.69) is 48.5 Å². The number of hydrogen-bond donors (Lipinski definition) is 3. The average molecular weight is 490 g/mol. The van der Waals surface area contributed by atoms with Crippen molar-refractivity contribution in [3.63, 3.8) is 0 Å². The van der Waals surface area contributed by atoms with E-state index in [1.807, 2.05) is 0 Å². The van der Waals surface area contributed by atoms with Crippen LogP contribution in [0.15, 0.2) is 0 Å². The Balaban J connectivity index is 1.44. The molecule has 4 aliphatic rings. The lowest BCUT2D eigenvalue weighted by Crippen LogP contribution is -2.52. The van der Waals surface area contributed by atoms with Crippen LogP contribution >= 0.6 is 0 Å². The van der Waals surface area contributed by atoms with Crippen molar-refractivity contribution in [2.75, 3.05) is 33.2 Å². The number of hydrazine groups is 1. The highest BCUT2D eigenvalue weighted by molar-refractivity contribution is 5.79. The van der Waals surface area contributed by atoms with Crippen molar-refractivity contribution in [1.82, 2.24) is 20.7 Å². The van der Waals surface area contributed by atoms with Crippen molar-refractivity contribution in [3.05, 3.63) is 0 Å². The van der Waals surface area contributed by atoms with Crippen LogP contribution in [0.5, 0.6) is 0 Å². The monoisotopic (exact) mass is 489 g/mol. The van der Waals surface area contributed by atoms with Gasteiger partial charge in [0.05, 0.1) is 0 Å². The van der Waals surface area contributed by atoms with Crippen molar-refractivity contribution < 1.29 is 4.79 Å². The first-order valence-electron chi connectivity index (χ1n) is 15.1. The topological polar surface area (TPSA) is 73.6 Å². The minimum atomic E-state index is 0.154. The summed E-state index contributed by atoms with van der Waals surface area (Å²) in [6.45, 7) is 10.7. The Labute approximate surface area is 215 Å². The Bertz CT molecular complexity index is 665. The van der Waals surface area contributed by atoms with Gasteiger partial charge in [-0.15, -0.1) is 0 Å². The van der Waals surface area contributed by atoms with E-state index in [4.69, 9.17) is 5.73 Å². The number of nitrogens with two attached hydrogens (primary N) is 1. The fourth-order valence-corrected chi connectivity index (χ4v) is 8.29. The molecule has 6 unspecified atom stereocenters. The lowest BCUT2D eigenvalue weighted by atomic mass is 9.63. The summed E-state index contributed by atoms with van der Waals surface area (Å²) >= 11 is 0. The van der Waals surface area contributed by atoms with Gasteiger partial charge in [-0.3, -0.25) is 10.2 Å². The molecule has 35 heavy (non-hydrogen) atoms. The molecule has 7 atom stereocenters. The predicted molar refractivity (Wildman–Crippen MR) is 145 cm³/mol. The van der Waals surface area contributed by atoms with E-state index in [-0.39, 0.29) is 5.92 Å². The van der Waals surface area contributed by atoms with E-state index in [0.717, 1.165) is 37.9 Å². The van der Waals surface area contributed by atoms with Crippen LogP contribution in [-0.2, 0) is 4.79 Å². The van der Waals surface area contributed by atoms with Gasteiger partial charge in [-0.05, 0) is 90.0 Å². The molecule has 4 fully saturated rings. The quantitative estimate of drug-likeness (QED) is 0.456. The maximum absolute atomic E-state index is 13.8. The molecule has 0 aromatic carbocycles. The van der Waals surface area contributed by atoms with E-state index in [0.29, 0.717) is 41.8 Å². The first-order valence-corrected chi connectivity index (χ1v) is 15.1. The molecule has 0 aromatic heterocycles. The molecule has 6 heteroatoms. The van der Waals surface area contributed by atoms with Gasteiger partial charge in [0.2, 0.25) is 5.91 Å². The highest BCUT2D eigenvalue weighted by Crippen LogP contribution is 2.47. The molecule has 4 N–H and O–H groups in total. The predicted octanol–water partition coefficient (Wildman–Crippen LogP) is 4.01. The third-order valence-electron chi connectivity index (χ3n) is 10.2. The molecule has 6 nitrogen and oxygen atoms in total. The van der Waals surface area contributed by atoms with E-state index in [1.165, 1.54) is 70.8 Å². The molecule has 1 aliphatic heterocycles. The van der Waals surface area contributed by atoms with Crippen molar-refractivity contribution in [2.45, 2.75) is 110 Å². The molecule has 0 aromatic rings. The summed E-state index contributed by atoms with van der Waals surface area (Å²) in [6.07, 6.45) is 14.3. The Morgan fingerprint density at radius 1 is 1.03 bits per heavy atom. The summed E-state index contributed by atoms with van der Waals surface area (Å²) in [5.41, 5.74) is 9.51. The molecule has 202 valence electrons. The number of nitrogens with zero attached hydrogens (tertiary/aromatic N) is 2. The van der Waals surface area contributed by atoms with Gasteiger partial charge in [0, 0.05) is 56.1 Å². The third-order valence-corrected chi connectivity index (χ3v) is 10.2. The van der Waals surface area contributed by atoms with Crippen LogP contribution in [0.4, 0.5) is 0 Å². The second-order valence-electron chi connectivity index (χ2n) is 13.0. The van der Waals surface area contributed by atoms with E-state index in [1.54, 1.807) is 0 Å².